The maximum atomic E-state index is 11.9. The number of hydrogen-bond acceptors (Lipinski definition) is 5. The quantitative estimate of drug-likeness (QED) is 0.685. The molecule has 1 aliphatic heterocycles. The van der Waals surface area contributed by atoms with Crippen molar-refractivity contribution in [1.82, 2.24) is 4.90 Å². The number of halogens is 1. The Morgan fingerprint density at radius 1 is 1.07 bits per heavy atom. The molecule has 0 spiro atoms. The van der Waals surface area contributed by atoms with Crippen LogP contribution in [0.5, 0.6) is 17.2 Å². The molecule has 1 fully saturated rings. The van der Waals surface area contributed by atoms with Crippen LogP contribution in [0.4, 0.5) is 0 Å². The molecule has 0 aliphatic carbocycles. The minimum atomic E-state index is -0.811. The van der Waals surface area contributed by atoms with Gasteiger partial charge in [0.25, 0.3) is 0 Å². The molecule has 6 nitrogen and oxygen atoms in total. The molecular weight excluding hydrogens is 426 g/mol. The lowest BCUT2D eigenvalue weighted by Crippen LogP contribution is -2.39. The summed E-state index contributed by atoms with van der Waals surface area (Å²) in [5.74, 6) is 0.781. The van der Waals surface area contributed by atoms with Crippen molar-refractivity contribution in [2.75, 3.05) is 27.9 Å². The first-order valence-corrected chi connectivity index (χ1v) is 9.84. The molecule has 1 heterocycles. The van der Waals surface area contributed by atoms with Crippen LogP contribution in [0.25, 0.3) is 0 Å². The number of carbonyl (C=O) groups is 1. The molecule has 2 aromatic rings. The first-order valence-electron chi connectivity index (χ1n) is 9.05. The topological polar surface area (TPSA) is 68.2 Å². The van der Waals surface area contributed by atoms with E-state index in [4.69, 9.17) is 14.2 Å². The number of carboxylic acid groups (broad SMARTS) is 1. The molecule has 2 aromatic carbocycles. The monoisotopic (exact) mass is 449 g/mol. The summed E-state index contributed by atoms with van der Waals surface area (Å²) in [6, 6.07) is 10.7. The molecule has 1 N–H and O–H groups in total. The lowest BCUT2D eigenvalue weighted by molar-refractivity contribution is -0.142. The summed E-state index contributed by atoms with van der Waals surface area (Å²) in [6.45, 7) is 0.681. The smallest absolute Gasteiger partial charge is 0.320 e. The Hall–Kier alpha value is -2.25. The molecule has 28 heavy (non-hydrogen) atoms. The fourth-order valence-electron chi connectivity index (χ4n) is 3.92. The van der Waals surface area contributed by atoms with Crippen molar-refractivity contribution >= 4 is 21.9 Å². The number of likely N-dealkylation sites (tertiary alicyclic amines) is 1. The predicted molar refractivity (Wildman–Crippen MR) is 109 cm³/mol. The molecule has 3 rings (SSSR count). The molecule has 7 heteroatoms. The molecule has 0 bridgehead atoms. The average Bonchev–Trinajstić information content (AvgIpc) is 3.18. The lowest BCUT2D eigenvalue weighted by atomic mass is 9.94. The zero-order valence-electron chi connectivity index (χ0n) is 16.1. The molecule has 0 radical (unpaired) electrons. The summed E-state index contributed by atoms with van der Waals surface area (Å²) in [4.78, 5) is 13.9. The second-order valence-corrected chi connectivity index (χ2v) is 7.44. The van der Waals surface area contributed by atoms with Gasteiger partial charge in [-0.15, -0.1) is 0 Å². The SMILES string of the molecule is COc1ccc(C(c2ccccc2Br)N2CCCC2C(=O)O)c(OC)c1OC. The first kappa shape index (κ1) is 20.5. The molecule has 1 aliphatic rings. The Morgan fingerprint density at radius 3 is 2.39 bits per heavy atom. The number of ether oxygens (including phenoxy) is 3. The largest absolute Gasteiger partial charge is 0.493 e. The van der Waals surface area contributed by atoms with Gasteiger partial charge in [-0.1, -0.05) is 34.1 Å². The van der Waals surface area contributed by atoms with Gasteiger partial charge < -0.3 is 19.3 Å². The Labute approximate surface area is 173 Å². The van der Waals surface area contributed by atoms with Crippen LogP contribution in [-0.2, 0) is 4.79 Å². The van der Waals surface area contributed by atoms with E-state index in [2.05, 4.69) is 15.9 Å². The van der Waals surface area contributed by atoms with E-state index < -0.39 is 12.0 Å². The summed E-state index contributed by atoms with van der Waals surface area (Å²) in [5, 5.41) is 9.78. The van der Waals surface area contributed by atoms with Gasteiger partial charge in [0, 0.05) is 16.6 Å². The third-order valence-corrected chi connectivity index (χ3v) is 5.86. The van der Waals surface area contributed by atoms with E-state index in [1.807, 2.05) is 41.3 Å². The molecule has 2 unspecified atom stereocenters. The molecule has 0 saturated carbocycles. The highest BCUT2D eigenvalue weighted by Gasteiger charge is 2.39. The van der Waals surface area contributed by atoms with E-state index in [0.717, 1.165) is 22.0 Å². The number of nitrogens with zero attached hydrogens (tertiary/aromatic N) is 1. The van der Waals surface area contributed by atoms with Gasteiger partial charge in [-0.05, 0) is 36.6 Å². The van der Waals surface area contributed by atoms with Crippen molar-refractivity contribution in [2.24, 2.45) is 0 Å². The standard InChI is InChI=1S/C21H24BrNO5/c1-26-17-11-10-14(19(27-2)20(17)28-3)18(13-7-4-5-8-15(13)22)23-12-6-9-16(23)21(24)25/h4-5,7-8,10-11,16,18H,6,9,12H2,1-3H3,(H,24,25). The van der Waals surface area contributed by atoms with E-state index in [9.17, 15) is 9.90 Å². The third-order valence-electron chi connectivity index (χ3n) is 5.14. The maximum Gasteiger partial charge on any atom is 0.320 e. The number of carboxylic acids is 1. The van der Waals surface area contributed by atoms with Crippen LogP contribution in [0, 0.1) is 0 Å². The summed E-state index contributed by atoms with van der Waals surface area (Å²) < 4.78 is 17.6. The Bertz CT molecular complexity index is 857. The first-order chi connectivity index (χ1) is 13.5. The van der Waals surface area contributed by atoms with E-state index in [-0.39, 0.29) is 6.04 Å². The number of rotatable bonds is 7. The fraction of sp³-hybridized carbons (Fsp3) is 0.381. The highest BCUT2D eigenvalue weighted by molar-refractivity contribution is 9.10. The minimum absolute atomic E-state index is 0.311. The van der Waals surface area contributed by atoms with Crippen molar-refractivity contribution in [3.05, 3.63) is 52.0 Å². The zero-order chi connectivity index (χ0) is 20.3. The van der Waals surface area contributed by atoms with E-state index >= 15 is 0 Å². The van der Waals surface area contributed by atoms with E-state index in [1.54, 1.807) is 21.3 Å². The van der Waals surface area contributed by atoms with Crippen LogP contribution in [0.3, 0.4) is 0 Å². The van der Waals surface area contributed by atoms with Gasteiger partial charge in [-0.25, -0.2) is 0 Å². The van der Waals surface area contributed by atoms with Crippen molar-refractivity contribution < 1.29 is 24.1 Å². The van der Waals surface area contributed by atoms with Gasteiger partial charge in [-0.3, -0.25) is 9.69 Å². The van der Waals surface area contributed by atoms with Crippen molar-refractivity contribution in [2.45, 2.75) is 24.9 Å². The van der Waals surface area contributed by atoms with Gasteiger partial charge in [-0.2, -0.15) is 0 Å². The molecular formula is C21H24BrNO5. The summed E-state index contributed by atoms with van der Waals surface area (Å²) >= 11 is 3.64. The van der Waals surface area contributed by atoms with Crippen LogP contribution < -0.4 is 14.2 Å². The van der Waals surface area contributed by atoms with E-state index in [1.165, 1.54) is 0 Å². The van der Waals surface area contributed by atoms with Gasteiger partial charge >= 0.3 is 5.97 Å². The molecule has 150 valence electrons. The van der Waals surface area contributed by atoms with Crippen molar-refractivity contribution in [3.8, 4) is 17.2 Å². The van der Waals surface area contributed by atoms with Crippen molar-refractivity contribution in [1.29, 1.82) is 0 Å². The van der Waals surface area contributed by atoms with Gasteiger partial charge in [0.15, 0.2) is 11.5 Å². The molecule has 1 saturated heterocycles. The highest BCUT2D eigenvalue weighted by Crippen LogP contribution is 2.47. The summed E-state index contributed by atoms with van der Waals surface area (Å²) in [7, 11) is 4.72. The minimum Gasteiger partial charge on any atom is -0.493 e. The second kappa shape index (κ2) is 8.84. The molecule has 0 aromatic heterocycles. The predicted octanol–water partition coefficient (Wildman–Crippen LogP) is 4.11. The van der Waals surface area contributed by atoms with Crippen LogP contribution in [-0.4, -0.2) is 49.9 Å². The Kier molecular flexibility index (Phi) is 6.46. The Balaban J connectivity index is 2.23. The summed E-state index contributed by atoms with van der Waals surface area (Å²) in [5.41, 5.74) is 1.81. The number of benzene rings is 2. The number of hydrogen-bond donors (Lipinski definition) is 1. The Morgan fingerprint density at radius 2 is 1.79 bits per heavy atom. The second-order valence-electron chi connectivity index (χ2n) is 6.58. The van der Waals surface area contributed by atoms with Gasteiger partial charge in [0.05, 0.1) is 27.4 Å². The zero-order valence-corrected chi connectivity index (χ0v) is 17.7. The summed E-state index contributed by atoms with van der Waals surface area (Å²) in [6.07, 6.45) is 1.44. The maximum absolute atomic E-state index is 11.9. The fourth-order valence-corrected chi connectivity index (χ4v) is 4.43. The van der Waals surface area contributed by atoms with Crippen molar-refractivity contribution in [3.63, 3.8) is 0 Å². The number of aliphatic carboxylic acids is 1. The average molecular weight is 450 g/mol. The van der Waals surface area contributed by atoms with Gasteiger partial charge in [0.2, 0.25) is 5.75 Å². The van der Waals surface area contributed by atoms with E-state index in [0.29, 0.717) is 30.2 Å². The van der Waals surface area contributed by atoms with Crippen LogP contribution in [0.1, 0.15) is 30.0 Å². The van der Waals surface area contributed by atoms with Crippen LogP contribution >= 0.6 is 15.9 Å². The molecule has 0 amide bonds. The highest BCUT2D eigenvalue weighted by atomic mass is 79.9. The normalized spacial score (nSPS) is 17.9. The van der Waals surface area contributed by atoms with Gasteiger partial charge in [0.1, 0.15) is 6.04 Å². The molecule has 2 atom stereocenters. The van der Waals surface area contributed by atoms with Crippen LogP contribution in [0.15, 0.2) is 40.9 Å². The van der Waals surface area contributed by atoms with Crippen LogP contribution in [0.2, 0.25) is 0 Å². The third kappa shape index (κ3) is 3.69. The number of methoxy groups -OCH3 is 3. The lowest BCUT2D eigenvalue weighted by Gasteiger charge is -2.33.